The maximum Gasteiger partial charge on any atom is 0.320 e. The molecule has 1 saturated heterocycles. The standard InChI is InChI=1S/C18H23F2N7O3S/c1-11(26-31(2,28)29)15-9-27(5-6-30-15)17-7-13(23-10-24-17)14-8-22-16(25-14)4-3-12(21)18(19)20/h3-4,7-8,10-11,15,18,21,26H,5-6,9H2,1-2H3,(H,22,25)/p+1/b4-3-,21-12?. The van der Waals surface area contributed by atoms with Gasteiger partial charge in [-0.05, 0) is 13.0 Å². The zero-order valence-corrected chi connectivity index (χ0v) is 17.8. The number of alkyl halides is 2. The van der Waals surface area contributed by atoms with E-state index in [0.29, 0.717) is 42.7 Å². The van der Waals surface area contributed by atoms with Gasteiger partial charge in [0.25, 0.3) is 0 Å². The van der Waals surface area contributed by atoms with Crippen LogP contribution in [0.3, 0.4) is 0 Å². The van der Waals surface area contributed by atoms with E-state index < -0.39 is 28.2 Å². The normalized spacial score (nSPS) is 18.6. The molecule has 2 unspecified atom stereocenters. The number of halogens is 2. The molecule has 0 spiro atoms. The molecule has 31 heavy (non-hydrogen) atoms. The van der Waals surface area contributed by atoms with Crippen LogP contribution in [0.5, 0.6) is 0 Å². The van der Waals surface area contributed by atoms with Crippen LogP contribution >= 0.6 is 0 Å². The number of nitrogens with two attached hydrogens (primary N) is 1. The van der Waals surface area contributed by atoms with Gasteiger partial charge in [0, 0.05) is 31.3 Å². The summed E-state index contributed by atoms with van der Waals surface area (Å²) in [5, 5.41) is 5.21. The van der Waals surface area contributed by atoms with Crippen molar-refractivity contribution in [2.75, 3.05) is 30.9 Å². The minimum Gasteiger partial charge on any atom is -0.373 e. The summed E-state index contributed by atoms with van der Waals surface area (Å²) in [4.78, 5) is 17.6. The Morgan fingerprint density at radius 3 is 2.90 bits per heavy atom. The fourth-order valence-corrected chi connectivity index (χ4v) is 3.89. The largest absolute Gasteiger partial charge is 0.373 e. The number of allylic oxidation sites excluding steroid dienone is 1. The highest BCUT2D eigenvalue weighted by atomic mass is 32.2. The quantitative estimate of drug-likeness (QED) is 0.455. The topological polar surface area (TPSA) is 139 Å². The minimum absolute atomic E-state index is 0.345. The number of rotatable bonds is 8. The van der Waals surface area contributed by atoms with Gasteiger partial charge in [0.15, 0.2) is 0 Å². The number of sulfonamides is 1. The van der Waals surface area contributed by atoms with E-state index in [0.717, 1.165) is 12.3 Å². The third-order valence-electron chi connectivity index (χ3n) is 4.58. The van der Waals surface area contributed by atoms with E-state index in [2.05, 4.69) is 24.7 Å². The molecule has 0 aliphatic carbocycles. The van der Waals surface area contributed by atoms with Crippen molar-refractivity contribution in [3.8, 4) is 11.4 Å². The number of imidazole rings is 1. The van der Waals surface area contributed by atoms with Gasteiger partial charge in [0.1, 0.15) is 18.0 Å². The maximum absolute atomic E-state index is 12.5. The average molecular weight is 456 g/mol. The molecule has 2 aromatic heterocycles. The van der Waals surface area contributed by atoms with Crippen molar-refractivity contribution in [2.24, 2.45) is 0 Å². The van der Waals surface area contributed by atoms with Crippen molar-refractivity contribution >= 4 is 27.6 Å². The lowest BCUT2D eigenvalue weighted by molar-refractivity contribution is -0.124. The van der Waals surface area contributed by atoms with E-state index >= 15 is 0 Å². The Labute approximate surface area is 178 Å². The second-order valence-corrected chi connectivity index (χ2v) is 8.89. The van der Waals surface area contributed by atoms with Crippen molar-refractivity contribution < 1.29 is 27.3 Å². The fourth-order valence-electron chi connectivity index (χ4n) is 3.07. The van der Waals surface area contributed by atoms with Crippen LogP contribution in [0.15, 0.2) is 24.7 Å². The van der Waals surface area contributed by atoms with Gasteiger partial charge in [-0.2, -0.15) is 8.78 Å². The molecule has 0 aromatic carbocycles. The Kier molecular flexibility index (Phi) is 7.08. The molecule has 2 atom stereocenters. The van der Waals surface area contributed by atoms with Crippen molar-refractivity contribution in [1.29, 1.82) is 0 Å². The second-order valence-electron chi connectivity index (χ2n) is 7.11. The molecule has 1 fully saturated rings. The van der Waals surface area contributed by atoms with Crippen LogP contribution in [0.25, 0.3) is 17.5 Å². The number of hydrogen-bond donors (Lipinski definition) is 3. The summed E-state index contributed by atoms with van der Waals surface area (Å²) in [6.07, 6.45) is 3.42. The first-order valence-electron chi connectivity index (χ1n) is 9.42. The highest BCUT2D eigenvalue weighted by Gasteiger charge is 2.28. The number of aromatic amines is 1. The molecule has 10 nitrogen and oxygen atoms in total. The number of ether oxygens (including phenoxy) is 1. The Bertz CT molecular complexity index is 1060. The van der Waals surface area contributed by atoms with E-state index in [1.165, 1.54) is 18.6 Å². The lowest BCUT2D eigenvalue weighted by Gasteiger charge is -2.36. The zero-order valence-electron chi connectivity index (χ0n) is 17.0. The van der Waals surface area contributed by atoms with Gasteiger partial charge < -0.3 is 14.6 Å². The van der Waals surface area contributed by atoms with Crippen molar-refractivity contribution in [2.45, 2.75) is 25.5 Å². The molecule has 0 amide bonds. The molecule has 0 saturated carbocycles. The number of nitrogens with zero attached hydrogens (tertiary/aromatic N) is 4. The first-order valence-corrected chi connectivity index (χ1v) is 11.3. The molecule has 2 aromatic rings. The van der Waals surface area contributed by atoms with Crippen molar-refractivity contribution in [3.63, 3.8) is 0 Å². The lowest BCUT2D eigenvalue weighted by Crippen LogP contribution is -2.52. The molecule has 4 N–H and O–H groups in total. The Balaban J connectivity index is 1.72. The van der Waals surface area contributed by atoms with Crippen molar-refractivity contribution in [1.82, 2.24) is 24.7 Å². The summed E-state index contributed by atoms with van der Waals surface area (Å²) >= 11 is 0. The van der Waals surface area contributed by atoms with E-state index in [1.54, 1.807) is 13.0 Å². The summed E-state index contributed by atoms with van der Waals surface area (Å²) < 4.78 is 56.2. The molecule has 0 bridgehead atoms. The first-order chi connectivity index (χ1) is 14.6. The molecule has 1 aliphatic heterocycles. The number of aromatic nitrogens is 4. The predicted molar refractivity (Wildman–Crippen MR) is 111 cm³/mol. The highest BCUT2D eigenvalue weighted by Crippen LogP contribution is 2.22. The van der Waals surface area contributed by atoms with Gasteiger partial charge in [-0.3, -0.25) is 5.41 Å². The van der Waals surface area contributed by atoms with E-state index in [-0.39, 0.29) is 6.10 Å². The average Bonchev–Trinajstić information content (AvgIpc) is 3.20. The van der Waals surface area contributed by atoms with Crippen LogP contribution in [0.1, 0.15) is 12.7 Å². The van der Waals surface area contributed by atoms with Crippen LogP contribution in [0.2, 0.25) is 0 Å². The molecule has 1 aliphatic rings. The van der Waals surface area contributed by atoms with Gasteiger partial charge >= 0.3 is 6.43 Å². The van der Waals surface area contributed by atoms with E-state index in [9.17, 15) is 17.2 Å². The van der Waals surface area contributed by atoms with E-state index in [1.807, 2.05) is 4.90 Å². The van der Waals surface area contributed by atoms with Gasteiger partial charge in [-0.1, -0.05) is 0 Å². The second kappa shape index (κ2) is 9.58. The Morgan fingerprint density at radius 2 is 2.19 bits per heavy atom. The zero-order chi connectivity index (χ0) is 22.6. The van der Waals surface area contributed by atoms with Crippen LogP contribution in [0, 0.1) is 0 Å². The Hall–Kier alpha value is -2.77. The summed E-state index contributed by atoms with van der Waals surface area (Å²) in [5.74, 6) is 0.998. The van der Waals surface area contributed by atoms with Crippen LogP contribution < -0.4 is 15.0 Å². The third-order valence-corrected chi connectivity index (χ3v) is 5.38. The van der Waals surface area contributed by atoms with Gasteiger partial charge in [0.05, 0.1) is 36.6 Å². The van der Waals surface area contributed by atoms with Crippen LogP contribution in [-0.4, -0.2) is 78.6 Å². The molecule has 3 heterocycles. The summed E-state index contributed by atoms with van der Waals surface area (Å²) in [5.41, 5.74) is 0.591. The number of H-pyrrole nitrogens is 1. The van der Waals surface area contributed by atoms with Crippen LogP contribution in [-0.2, 0) is 14.8 Å². The van der Waals surface area contributed by atoms with E-state index in [4.69, 9.17) is 10.1 Å². The Morgan fingerprint density at radius 1 is 1.42 bits per heavy atom. The molecule has 0 radical (unpaired) electrons. The SMILES string of the molecule is CC(NS(C)(=O)=O)C1CN(c2cc(-c3cnc(/C=C\C(=[NH2+])C(F)F)[nH]3)ncn2)CCO1. The first kappa shape index (κ1) is 22.9. The van der Waals surface area contributed by atoms with Crippen LogP contribution in [0.4, 0.5) is 14.6 Å². The summed E-state index contributed by atoms with van der Waals surface area (Å²) in [6, 6.07) is 1.36. The molecule has 13 heteroatoms. The van der Waals surface area contributed by atoms with Crippen molar-refractivity contribution in [3.05, 3.63) is 30.5 Å². The molecular formula is C18H24F2N7O3S+. The maximum atomic E-state index is 12.5. The predicted octanol–water partition coefficient (Wildman–Crippen LogP) is -0.512. The lowest BCUT2D eigenvalue weighted by atomic mass is 10.1. The minimum atomic E-state index is -3.35. The monoisotopic (exact) mass is 456 g/mol. The smallest absolute Gasteiger partial charge is 0.320 e. The number of nitrogens with one attached hydrogen (secondary N) is 2. The third kappa shape index (κ3) is 6.35. The van der Waals surface area contributed by atoms with Gasteiger partial charge in [0.2, 0.25) is 15.7 Å². The molecule has 3 rings (SSSR count). The number of anilines is 1. The highest BCUT2D eigenvalue weighted by molar-refractivity contribution is 7.88. The molecule has 168 valence electrons. The summed E-state index contributed by atoms with van der Waals surface area (Å²) in [7, 11) is -3.35. The van der Waals surface area contributed by atoms with Gasteiger partial charge in [-0.15, -0.1) is 0 Å². The number of morpholine rings is 1. The summed E-state index contributed by atoms with van der Waals surface area (Å²) in [6.45, 7) is 3.19. The molecular weight excluding hydrogens is 432 g/mol. The number of hydrogen-bond acceptors (Lipinski definition) is 7. The fraction of sp³-hybridized carbons (Fsp3) is 0.444. The van der Waals surface area contributed by atoms with Gasteiger partial charge in [-0.25, -0.2) is 28.1 Å².